The summed E-state index contributed by atoms with van der Waals surface area (Å²) >= 11 is 0. The van der Waals surface area contributed by atoms with Crippen molar-refractivity contribution in [2.45, 2.75) is 140 Å². The lowest BCUT2D eigenvalue weighted by Gasteiger charge is -2.26. The summed E-state index contributed by atoms with van der Waals surface area (Å²) in [6, 6.07) is 12.5. The smallest absolute Gasteiger partial charge is 0.260 e. The summed E-state index contributed by atoms with van der Waals surface area (Å²) in [6.07, 6.45) is 0.756. The average molecular weight is 874 g/mol. The minimum absolute atomic E-state index is 0.110. The number of hydrogen-bond acceptors (Lipinski definition) is 9. The van der Waals surface area contributed by atoms with E-state index in [1.165, 1.54) is 0 Å². The molecule has 1 aliphatic heterocycles. The van der Waals surface area contributed by atoms with Crippen molar-refractivity contribution in [3.63, 3.8) is 0 Å². The SMILES string of the molecule is CCc1cc2c(OCC(=O)N(CC)CC)c(c1)COCc1cc(C(C)(C)C)cc(c1OCC(=O)N(CC)CC)COCc1cc(C(C)C)cc(c1OCC(=O)N(CC)CC)COC2. The third-order valence-electron chi connectivity index (χ3n) is 11.7. The first-order valence-corrected chi connectivity index (χ1v) is 23.0. The minimum atomic E-state index is -0.238. The molecule has 3 amide bonds. The Balaban J connectivity index is 1.94. The molecule has 0 spiro atoms. The Morgan fingerprint density at radius 1 is 0.508 bits per heavy atom. The zero-order valence-electron chi connectivity index (χ0n) is 40.4. The fourth-order valence-electron chi connectivity index (χ4n) is 7.75. The van der Waals surface area contributed by atoms with Crippen LogP contribution in [0.5, 0.6) is 17.2 Å². The zero-order chi connectivity index (χ0) is 46.3. The Bertz CT molecular complexity index is 1980. The highest BCUT2D eigenvalue weighted by Gasteiger charge is 2.25. The molecule has 348 valence electrons. The predicted molar refractivity (Wildman–Crippen MR) is 247 cm³/mol. The first kappa shape index (κ1) is 51.0. The fourth-order valence-corrected chi connectivity index (χ4v) is 7.75. The van der Waals surface area contributed by atoms with Gasteiger partial charge >= 0.3 is 0 Å². The summed E-state index contributed by atoms with van der Waals surface area (Å²) in [7, 11) is 0. The molecule has 0 radical (unpaired) electrons. The number of fused-ring (bicyclic) bond motifs is 6. The van der Waals surface area contributed by atoms with Gasteiger partial charge in [0.2, 0.25) is 0 Å². The molecule has 6 bridgehead atoms. The molecule has 3 aromatic carbocycles. The number of ether oxygens (including phenoxy) is 6. The molecule has 63 heavy (non-hydrogen) atoms. The summed E-state index contributed by atoms with van der Waals surface area (Å²) in [5, 5.41) is 0. The Morgan fingerprint density at radius 2 is 0.794 bits per heavy atom. The van der Waals surface area contributed by atoms with Gasteiger partial charge in [-0.25, -0.2) is 0 Å². The number of carbonyl (C=O) groups is 3. The van der Waals surface area contributed by atoms with Crippen LogP contribution in [0, 0.1) is 0 Å². The molecule has 12 nitrogen and oxygen atoms in total. The van der Waals surface area contributed by atoms with E-state index < -0.39 is 0 Å². The lowest BCUT2D eigenvalue weighted by atomic mass is 9.84. The summed E-state index contributed by atoms with van der Waals surface area (Å²) in [4.78, 5) is 45.3. The van der Waals surface area contributed by atoms with E-state index in [0.29, 0.717) is 56.5 Å². The molecule has 0 aromatic heterocycles. The number of likely N-dealkylation sites (N-methyl/N-ethyl adjacent to an activating group) is 3. The minimum Gasteiger partial charge on any atom is -0.483 e. The van der Waals surface area contributed by atoms with E-state index in [2.05, 4.69) is 77.9 Å². The second-order valence-corrected chi connectivity index (χ2v) is 17.3. The monoisotopic (exact) mass is 874 g/mol. The first-order chi connectivity index (χ1) is 30.1. The van der Waals surface area contributed by atoms with Crippen LogP contribution in [0.3, 0.4) is 0 Å². The van der Waals surface area contributed by atoms with E-state index in [0.717, 1.165) is 56.5 Å². The summed E-state index contributed by atoms with van der Waals surface area (Å²) < 4.78 is 39.2. The van der Waals surface area contributed by atoms with Gasteiger partial charge in [0.25, 0.3) is 17.7 Å². The average Bonchev–Trinajstić information content (AvgIpc) is 3.25. The van der Waals surface area contributed by atoms with Crippen LogP contribution in [0.1, 0.15) is 139 Å². The zero-order valence-corrected chi connectivity index (χ0v) is 40.4. The van der Waals surface area contributed by atoms with E-state index in [4.69, 9.17) is 28.4 Å². The predicted octanol–water partition coefficient (Wildman–Crippen LogP) is 8.88. The summed E-state index contributed by atoms with van der Waals surface area (Å²) in [5.74, 6) is 1.48. The molecule has 12 heteroatoms. The number of amides is 3. The largest absolute Gasteiger partial charge is 0.483 e. The fraction of sp³-hybridized carbons (Fsp3) is 0.588. The van der Waals surface area contributed by atoms with Crippen molar-refractivity contribution in [2.75, 3.05) is 59.1 Å². The highest BCUT2D eigenvalue weighted by Crippen LogP contribution is 2.37. The van der Waals surface area contributed by atoms with Crippen molar-refractivity contribution >= 4 is 17.7 Å². The van der Waals surface area contributed by atoms with Gasteiger partial charge in [0.15, 0.2) is 19.8 Å². The standard InChI is InChI=1S/C51H75N3O9/c1-13-36-20-38-26-58-28-40-22-37(35(8)9)23-41(49(40)62-33-46(56)53(16-4)17-5)29-60-31-43-25-44(51(10,11)12)24-42(50(43)63-34-47(57)54(18-6)19-7)30-59-27-39(21-36)48(38)61-32-45(55)52(14-2)15-3/h20-25,35H,13-19,26-34H2,1-12H3. The molecule has 0 saturated carbocycles. The van der Waals surface area contributed by atoms with Crippen molar-refractivity contribution in [1.29, 1.82) is 0 Å². The molecule has 4 rings (SSSR count). The van der Waals surface area contributed by atoms with Crippen LogP contribution in [-0.2, 0) is 80.1 Å². The van der Waals surface area contributed by atoms with Crippen molar-refractivity contribution in [1.82, 2.24) is 14.7 Å². The van der Waals surface area contributed by atoms with Crippen molar-refractivity contribution < 1.29 is 42.8 Å². The molecular weight excluding hydrogens is 799 g/mol. The molecule has 0 saturated heterocycles. The van der Waals surface area contributed by atoms with Crippen LogP contribution in [0.25, 0.3) is 0 Å². The number of aryl methyl sites for hydroxylation is 1. The Morgan fingerprint density at radius 3 is 1.05 bits per heavy atom. The van der Waals surface area contributed by atoms with Gasteiger partial charge in [-0.3, -0.25) is 14.4 Å². The van der Waals surface area contributed by atoms with Gasteiger partial charge in [-0.2, -0.15) is 0 Å². The maximum atomic E-state index is 13.4. The van der Waals surface area contributed by atoms with E-state index in [9.17, 15) is 14.4 Å². The third-order valence-corrected chi connectivity index (χ3v) is 11.7. The maximum Gasteiger partial charge on any atom is 0.260 e. The Hall–Kier alpha value is -4.65. The van der Waals surface area contributed by atoms with Crippen LogP contribution in [0.2, 0.25) is 0 Å². The number of benzene rings is 3. The first-order valence-electron chi connectivity index (χ1n) is 23.0. The number of nitrogens with zero attached hydrogens (tertiary/aromatic N) is 3. The van der Waals surface area contributed by atoms with Crippen LogP contribution in [-0.4, -0.2) is 91.5 Å². The van der Waals surface area contributed by atoms with Crippen LogP contribution in [0.15, 0.2) is 36.4 Å². The van der Waals surface area contributed by atoms with E-state index in [1.54, 1.807) is 14.7 Å². The molecule has 0 N–H and O–H groups in total. The highest BCUT2D eigenvalue weighted by molar-refractivity contribution is 5.78. The van der Waals surface area contributed by atoms with Gasteiger partial charge in [-0.15, -0.1) is 0 Å². The second kappa shape index (κ2) is 24.4. The van der Waals surface area contributed by atoms with Crippen molar-refractivity contribution in [3.8, 4) is 17.2 Å². The van der Waals surface area contributed by atoms with Gasteiger partial charge in [-0.1, -0.05) is 41.5 Å². The van der Waals surface area contributed by atoms with Gasteiger partial charge in [0, 0.05) is 72.6 Å². The van der Waals surface area contributed by atoms with Crippen LogP contribution < -0.4 is 14.2 Å². The van der Waals surface area contributed by atoms with Crippen molar-refractivity contribution in [2.24, 2.45) is 0 Å². The second-order valence-electron chi connectivity index (χ2n) is 17.3. The van der Waals surface area contributed by atoms with Crippen molar-refractivity contribution in [3.05, 3.63) is 86.5 Å². The molecule has 0 atom stereocenters. The number of hydrogen-bond donors (Lipinski definition) is 0. The molecule has 1 heterocycles. The van der Waals surface area contributed by atoms with Crippen LogP contribution >= 0.6 is 0 Å². The Kier molecular flexibility index (Phi) is 19.8. The molecule has 0 aliphatic carbocycles. The van der Waals surface area contributed by atoms with E-state index in [-0.39, 0.29) is 88.5 Å². The molecular formula is C51H75N3O9. The van der Waals surface area contributed by atoms with Gasteiger partial charge in [0.1, 0.15) is 17.2 Å². The quantitative estimate of drug-likeness (QED) is 0.131. The third kappa shape index (κ3) is 13.9. The van der Waals surface area contributed by atoms with E-state index in [1.807, 2.05) is 41.5 Å². The number of carbonyl (C=O) groups excluding carboxylic acids is 3. The molecule has 0 fully saturated rings. The Labute approximate surface area is 377 Å². The topological polar surface area (TPSA) is 116 Å². The number of rotatable bonds is 17. The summed E-state index contributed by atoms with van der Waals surface area (Å²) in [5.41, 5.74) is 7.70. The van der Waals surface area contributed by atoms with E-state index >= 15 is 0 Å². The molecule has 0 unspecified atom stereocenters. The lowest BCUT2D eigenvalue weighted by molar-refractivity contribution is -0.133. The summed E-state index contributed by atoms with van der Waals surface area (Å²) in [6.45, 7) is 28.7. The van der Waals surface area contributed by atoms with Gasteiger partial charge in [0.05, 0.1) is 39.6 Å². The van der Waals surface area contributed by atoms with Crippen LogP contribution in [0.4, 0.5) is 0 Å². The maximum absolute atomic E-state index is 13.4. The van der Waals surface area contributed by atoms with Gasteiger partial charge in [-0.05, 0) is 112 Å². The molecule has 3 aromatic rings. The lowest BCUT2D eigenvalue weighted by Crippen LogP contribution is -2.34. The normalized spacial score (nSPS) is 13.5. The van der Waals surface area contributed by atoms with Gasteiger partial charge < -0.3 is 43.1 Å². The molecule has 1 aliphatic rings. The highest BCUT2D eigenvalue weighted by atomic mass is 16.5.